The molecule has 0 aliphatic heterocycles. The van der Waals surface area contributed by atoms with Gasteiger partial charge in [-0.05, 0) is 18.2 Å². The molecule has 0 unspecified atom stereocenters. The summed E-state index contributed by atoms with van der Waals surface area (Å²) in [7, 11) is 3.17. The molecule has 0 spiro atoms. The van der Waals surface area contributed by atoms with E-state index in [0.29, 0.717) is 23.2 Å². The van der Waals surface area contributed by atoms with Gasteiger partial charge in [0.05, 0.1) is 19.9 Å². The molecule has 0 radical (unpaired) electrons. The van der Waals surface area contributed by atoms with Crippen LogP contribution >= 0.6 is 11.3 Å². The summed E-state index contributed by atoms with van der Waals surface area (Å²) in [6.07, 6.45) is 0.283. The molecule has 0 saturated carbocycles. The number of carbonyl (C=O) groups is 1. The Hall–Kier alpha value is -2.12. The number of thiazole rings is 1. The number of aromatic nitrogens is 1. The smallest absolute Gasteiger partial charge is 0.227 e. The lowest BCUT2D eigenvalue weighted by molar-refractivity contribution is -0.116. The first-order valence-electron chi connectivity index (χ1n) is 6.35. The summed E-state index contributed by atoms with van der Waals surface area (Å²) in [5.41, 5.74) is 6.99. The van der Waals surface area contributed by atoms with Gasteiger partial charge in [-0.1, -0.05) is 0 Å². The number of nitrogens with one attached hydrogen (secondary N) is 1. The number of amides is 1. The Morgan fingerprint density at radius 2 is 2.10 bits per heavy atom. The Morgan fingerprint density at radius 3 is 2.76 bits per heavy atom. The number of anilines is 1. The third-order valence-electron chi connectivity index (χ3n) is 2.80. The van der Waals surface area contributed by atoms with Crippen molar-refractivity contribution >= 4 is 22.4 Å². The van der Waals surface area contributed by atoms with E-state index in [1.165, 1.54) is 11.3 Å². The number of hydrogen-bond donors (Lipinski definition) is 2. The quantitative estimate of drug-likeness (QED) is 0.853. The van der Waals surface area contributed by atoms with Gasteiger partial charge in [0.25, 0.3) is 0 Å². The van der Waals surface area contributed by atoms with Gasteiger partial charge < -0.3 is 20.5 Å². The fourth-order valence-corrected chi connectivity index (χ4v) is 2.51. The second-order valence-electron chi connectivity index (χ2n) is 4.19. The number of rotatable bonds is 6. The number of ether oxygens (including phenoxy) is 2. The zero-order valence-corrected chi connectivity index (χ0v) is 12.7. The fourth-order valence-electron chi connectivity index (χ4n) is 1.77. The van der Waals surface area contributed by atoms with Crippen molar-refractivity contribution in [3.05, 3.63) is 23.6 Å². The van der Waals surface area contributed by atoms with Crippen LogP contribution in [0.25, 0.3) is 11.3 Å². The van der Waals surface area contributed by atoms with Crippen LogP contribution < -0.4 is 20.5 Å². The number of nitrogens with two attached hydrogens (primary N) is 1. The van der Waals surface area contributed by atoms with Crippen LogP contribution in [0.2, 0.25) is 0 Å². The van der Waals surface area contributed by atoms with Gasteiger partial charge in [-0.25, -0.2) is 4.98 Å². The zero-order valence-electron chi connectivity index (χ0n) is 11.9. The van der Waals surface area contributed by atoms with Crippen LogP contribution in [0.1, 0.15) is 6.42 Å². The summed E-state index contributed by atoms with van der Waals surface area (Å²) in [4.78, 5) is 15.9. The van der Waals surface area contributed by atoms with Crippen LogP contribution in [-0.2, 0) is 4.79 Å². The van der Waals surface area contributed by atoms with Gasteiger partial charge in [0.2, 0.25) is 5.91 Å². The van der Waals surface area contributed by atoms with E-state index in [9.17, 15) is 4.79 Å². The number of methoxy groups -OCH3 is 2. The molecule has 6 nitrogen and oxygen atoms in total. The van der Waals surface area contributed by atoms with Crippen molar-refractivity contribution in [2.45, 2.75) is 6.42 Å². The summed E-state index contributed by atoms with van der Waals surface area (Å²) >= 11 is 1.37. The molecule has 7 heteroatoms. The van der Waals surface area contributed by atoms with E-state index in [4.69, 9.17) is 15.2 Å². The topological polar surface area (TPSA) is 86.5 Å². The molecular weight excluding hydrogens is 290 g/mol. The van der Waals surface area contributed by atoms with E-state index in [1.807, 2.05) is 23.6 Å². The third-order valence-corrected chi connectivity index (χ3v) is 3.56. The first kappa shape index (κ1) is 15.3. The van der Waals surface area contributed by atoms with Crippen molar-refractivity contribution in [2.75, 3.05) is 26.1 Å². The SMILES string of the molecule is COc1ccc(-c2csc(NC(=O)CCN)n2)cc1OC. The monoisotopic (exact) mass is 307 g/mol. The summed E-state index contributed by atoms with van der Waals surface area (Å²) in [6, 6.07) is 5.56. The van der Waals surface area contributed by atoms with E-state index in [0.717, 1.165) is 11.3 Å². The highest BCUT2D eigenvalue weighted by Crippen LogP contribution is 2.33. The maximum Gasteiger partial charge on any atom is 0.227 e. The lowest BCUT2D eigenvalue weighted by Gasteiger charge is -2.08. The molecular formula is C14H17N3O3S. The number of hydrogen-bond acceptors (Lipinski definition) is 6. The third kappa shape index (κ3) is 3.71. The molecule has 3 N–H and O–H groups in total. The molecule has 2 aromatic rings. The standard InChI is InChI=1S/C14H17N3O3S/c1-19-11-4-3-9(7-12(11)20-2)10-8-21-14(16-10)17-13(18)5-6-15/h3-4,7-8H,5-6,15H2,1-2H3,(H,16,17,18). The maximum absolute atomic E-state index is 11.5. The lowest BCUT2D eigenvalue weighted by Crippen LogP contribution is -2.15. The normalized spacial score (nSPS) is 10.2. The molecule has 0 aliphatic rings. The van der Waals surface area contributed by atoms with E-state index in [-0.39, 0.29) is 12.3 Å². The average molecular weight is 307 g/mol. The van der Waals surface area contributed by atoms with E-state index >= 15 is 0 Å². The highest BCUT2D eigenvalue weighted by Gasteiger charge is 2.10. The maximum atomic E-state index is 11.5. The van der Waals surface area contributed by atoms with E-state index in [2.05, 4.69) is 10.3 Å². The highest BCUT2D eigenvalue weighted by molar-refractivity contribution is 7.14. The first-order chi connectivity index (χ1) is 10.2. The second-order valence-corrected chi connectivity index (χ2v) is 5.05. The molecule has 21 heavy (non-hydrogen) atoms. The molecule has 0 fully saturated rings. The van der Waals surface area contributed by atoms with Gasteiger partial charge in [0.15, 0.2) is 16.6 Å². The Bertz CT molecular complexity index is 628. The zero-order chi connectivity index (χ0) is 15.2. The van der Waals surface area contributed by atoms with Crippen LogP contribution in [0.3, 0.4) is 0 Å². The van der Waals surface area contributed by atoms with Crippen molar-refractivity contribution in [2.24, 2.45) is 5.73 Å². The fraction of sp³-hybridized carbons (Fsp3) is 0.286. The van der Waals surface area contributed by atoms with E-state index < -0.39 is 0 Å². The Morgan fingerprint density at radius 1 is 1.33 bits per heavy atom. The summed E-state index contributed by atoms with van der Waals surface area (Å²) < 4.78 is 10.5. The van der Waals surface area contributed by atoms with Gasteiger partial charge in [-0.2, -0.15) is 0 Å². The lowest BCUT2D eigenvalue weighted by atomic mass is 10.1. The summed E-state index contributed by atoms with van der Waals surface area (Å²) in [6.45, 7) is 0.319. The van der Waals surface area contributed by atoms with Crippen LogP contribution in [0.5, 0.6) is 11.5 Å². The number of nitrogens with zero attached hydrogens (tertiary/aromatic N) is 1. The van der Waals surface area contributed by atoms with Crippen molar-refractivity contribution in [3.63, 3.8) is 0 Å². The largest absolute Gasteiger partial charge is 0.493 e. The van der Waals surface area contributed by atoms with Crippen molar-refractivity contribution < 1.29 is 14.3 Å². The Balaban J connectivity index is 2.19. The number of carbonyl (C=O) groups excluding carboxylic acids is 1. The van der Waals surface area contributed by atoms with Crippen molar-refractivity contribution in [1.82, 2.24) is 4.98 Å². The van der Waals surface area contributed by atoms with Crippen LogP contribution in [0.4, 0.5) is 5.13 Å². The van der Waals surface area contributed by atoms with Gasteiger partial charge in [-0.3, -0.25) is 4.79 Å². The highest BCUT2D eigenvalue weighted by atomic mass is 32.1. The molecule has 0 atom stereocenters. The average Bonchev–Trinajstić information content (AvgIpc) is 2.95. The Kier molecular flexibility index (Phi) is 5.13. The molecule has 0 bridgehead atoms. The minimum absolute atomic E-state index is 0.134. The predicted octanol–water partition coefficient (Wildman–Crippen LogP) is 2.11. The van der Waals surface area contributed by atoms with Gasteiger partial charge in [0.1, 0.15) is 0 Å². The minimum atomic E-state index is -0.134. The summed E-state index contributed by atoms with van der Waals surface area (Å²) in [5.74, 6) is 1.16. The second kappa shape index (κ2) is 7.05. The van der Waals surface area contributed by atoms with Crippen LogP contribution in [-0.4, -0.2) is 31.7 Å². The molecule has 112 valence electrons. The molecule has 1 aromatic carbocycles. The predicted molar refractivity (Wildman–Crippen MR) is 83.0 cm³/mol. The van der Waals surface area contributed by atoms with Crippen molar-refractivity contribution in [1.29, 1.82) is 0 Å². The van der Waals surface area contributed by atoms with Crippen LogP contribution in [0.15, 0.2) is 23.6 Å². The Labute approximate surface area is 126 Å². The molecule has 1 amide bonds. The molecule has 1 aromatic heterocycles. The number of benzene rings is 1. The minimum Gasteiger partial charge on any atom is -0.493 e. The van der Waals surface area contributed by atoms with Crippen molar-refractivity contribution in [3.8, 4) is 22.8 Å². The molecule has 1 heterocycles. The summed E-state index contributed by atoms with van der Waals surface area (Å²) in [5, 5.41) is 5.14. The van der Waals surface area contributed by atoms with Gasteiger partial charge >= 0.3 is 0 Å². The van der Waals surface area contributed by atoms with Gasteiger partial charge in [-0.15, -0.1) is 11.3 Å². The molecule has 2 rings (SSSR count). The molecule has 0 saturated heterocycles. The van der Waals surface area contributed by atoms with Crippen LogP contribution in [0, 0.1) is 0 Å². The first-order valence-corrected chi connectivity index (χ1v) is 7.23. The van der Waals surface area contributed by atoms with Gasteiger partial charge in [0, 0.05) is 23.9 Å². The molecule has 0 aliphatic carbocycles. The van der Waals surface area contributed by atoms with E-state index in [1.54, 1.807) is 14.2 Å².